The van der Waals surface area contributed by atoms with Crippen LogP contribution in [0.15, 0.2) is 36.4 Å². The maximum Gasteiger partial charge on any atom is 0.254 e. The Morgan fingerprint density at radius 3 is 2.33 bits per heavy atom. The lowest BCUT2D eigenvalue weighted by atomic mass is 9.80. The largest absolute Gasteiger partial charge is 0.342 e. The summed E-state index contributed by atoms with van der Waals surface area (Å²) in [5.41, 5.74) is 0.914. The molecule has 1 aliphatic carbocycles. The average molecular weight is 544 g/mol. The highest BCUT2D eigenvalue weighted by atomic mass is 19.1. The number of amides is 2. The number of rotatable bonds is 10. The highest BCUT2D eigenvalue weighted by Gasteiger charge is 2.34. The van der Waals surface area contributed by atoms with Gasteiger partial charge in [0.2, 0.25) is 5.91 Å². The molecule has 2 N–H and O–H groups in total. The number of nitrogens with one attached hydrogen (secondary N) is 2. The van der Waals surface area contributed by atoms with Crippen molar-refractivity contribution >= 4 is 17.6 Å². The summed E-state index contributed by atoms with van der Waals surface area (Å²) in [5.74, 6) is -3.01. The number of ketones is 1. The molecular weight excluding hydrogens is 507 g/mol. The van der Waals surface area contributed by atoms with Crippen molar-refractivity contribution in [2.75, 3.05) is 19.6 Å². The number of hydrogen-bond acceptors (Lipinski definition) is 4. The van der Waals surface area contributed by atoms with Crippen LogP contribution in [0.4, 0.5) is 13.2 Å². The molecule has 1 heterocycles. The van der Waals surface area contributed by atoms with Gasteiger partial charge in [0, 0.05) is 43.1 Å². The Labute approximate surface area is 227 Å². The SMILES string of the molecule is CC(C)C(=O)C(NC(=O)c1cc(C2CN(C(=O)CNCc3ccc(F)cc3F)C2)ccc1F)C1CCCCC1. The fourth-order valence-corrected chi connectivity index (χ4v) is 5.41. The lowest BCUT2D eigenvalue weighted by Crippen LogP contribution is -2.51. The summed E-state index contributed by atoms with van der Waals surface area (Å²) in [7, 11) is 0. The van der Waals surface area contributed by atoms with Gasteiger partial charge in [0.05, 0.1) is 18.2 Å². The Hall–Kier alpha value is -3.20. The quantitative estimate of drug-likeness (QED) is 0.455. The van der Waals surface area contributed by atoms with E-state index in [1.54, 1.807) is 11.0 Å². The molecule has 210 valence electrons. The van der Waals surface area contributed by atoms with Crippen molar-refractivity contribution in [3.63, 3.8) is 0 Å². The van der Waals surface area contributed by atoms with Crippen LogP contribution in [0.3, 0.4) is 0 Å². The van der Waals surface area contributed by atoms with Crippen LogP contribution in [-0.2, 0) is 16.1 Å². The first kappa shape index (κ1) is 28.8. The molecule has 1 saturated heterocycles. The molecule has 2 aliphatic rings. The number of Topliss-reactive ketones (excluding diaryl/α,β-unsaturated/α-hetero) is 1. The van der Waals surface area contributed by atoms with E-state index in [1.165, 1.54) is 18.2 Å². The molecule has 1 saturated carbocycles. The van der Waals surface area contributed by atoms with Gasteiger partial charge < -0.3 is 15.5 Å². The van der Waals surface area contributed by atoms with Crippen molar-refractivity contribution in [3.05, 3.63) is 70.5 Å². The molecule has 2 fully saturated rings. The molecule has 0 spiro atoms. The molecule has 1 unspecified atom stereocenters. The van der Waals surface area contributed by atoms with Crippen LogP contribution in [0.2, 0.25) is 0 Å². The van der Waals surface area contributed by atoms with Crippen molar-refractivity contribution in [2.24, 2.45) is 11.8 Å². The topological polar surface area (TPSA) is 78.5 Å². The van der Waals surface area contributed by atoms with Crippen molar-refractivity contribution in [2.45, 2.75) is 64.5 Å². The molecule has 1 aliphatic heterocycles. The van der Waals surface area contributed by atoms with E-state index >= 15 is 0 Å². The van der Waals surface area contributed by atoms with E-state index in [1.807, 2.05) is 13.8 Å². The van der Waals surface area contributed by atoms with Gasteiger partial charge >= 0.3 is 0 Å². The van der Waals surface area contributed by atoms with Crippen molar-refractivity contribution in [3.8, 4) is 0 Å². The molecule has 0 aromatic heterocycles. The molecule has 2 amide bonds. The second-order valence-electron chi connectivity index (χ2n) is 11.0. The summed E-state index contributed by atoms with van der Waals surface area (Å²) >= 11 is 0. The smallest absolute Gasteiger partial charge is 0.254 e. The zero-order chi connectivity index (χ0) is 28.1. The van der Waals surface area contributed by atoms with Gasteiger partial charge in [-0.25, -0.2) is 13.2 Å². The van der Waals surface area contributed by atoms with Crippen LogP contribution >= 0.6 is 0 Å². The molecule has 39 heavy (non-hydrogen) atoms. The van der Waals surface area contributed by atoms with Crippen LogP contribution < -0.4 is 10.6 Å². The number of carbonyl (C=O) groups excluding carboxylic acids is 3. The van der Waals surface area contributed by atoms with Gasteiger partial charge in [-0.1, -0.05) is 45.2 Å². The summed E-state index contributed by atoms with van der Waals surface area (Å²) in [5, 5.41) is 5.72. The third-order valence-electron chi connectivity index (χ3n) is 7.83. The summed E-state index contributed by atoms with van der Waals surface area (Å²) in [4.78, 5) is 40.2. The molecule has 2 aromatic rings. The van der Waals surface area contributed by atoms with Crippen LogP contribution in [0.25, 0.3) is 0 Å². The van der Waals surface area contributed by atoms with Gasteiger partial charge in [0.1, 0.15) is 17.5 Å². The zero-order valence-electron chi connectivity index (χ0n) is 22.4. The normalized spacial score (nSPS) is 17.1. The minimum Gasteiger partial charge on any atom is -0.342 e. The van der Waals surface area contributed by atoms with Crippen LogP contribution in [0.1, 0.15) is 73.4 Å². The Bertz CT molecular complexity index is 1210. The third-order valence-corrected chi connectivity index (χ3v) is 7.83. The van der Waals surface area contributed by atoms with E-state index in [-0.39, 0.29) is 53.7 Å². The van der Waals surface area contributed by atoms with Gasteiger partial charge in [0.25, 0.3) is 5.91 Å². The van der Waals surface area contributed by atoms with Crippen molar-refractivity contribution in [1.29, 1.82) is 0 Å². The van der Waals surface area contributed by atoms with Crippen molar-refractivity contribution in [1.82, 2.24) is 15.5 Å². The Balaban J connectivity index is 1.33. The second kappa shape index (κ2) is 12.8. The lowest BCUT2D eigenvalue weighted by molar-refractivity contribution is -0.134. The van der Waals surface area contributed by atoms with E-state index in [2.05, 4.69) is 10.6 Å². The number of benzene rings is 2. The predicted octanol–water partition coefficient (Wildman–Crippen LogP) is 4.72. The highest BCUT2D eigenvalue weighted by molar-refractivity contribution is 5.98. The number of halogens is 3. The highest BCUT2D eigenvalue weighted by Crippen LogP contribution is 2.30. The average Bonchev–Trinajstić information content (AvgIpc) is 2.88. The summed E-state index contributed by atoms with van der Waals surface area (Å²) < 4.78 is 41.5. The monoisotopic (exact) mass is 543 g/mol. The van der Waals surface area contributed by atoms with E-state index in [0.717, 1.165) is 49.8 Å². The van der Waals surface area contributed by atoms with Gasteiger partial charge in [-0.3, -0.25) is 14.4 Å². The molecule has 1 atom stereocenters. The van der Waals surface area contributed by atoms with Gasteiger partial charge in [-0.2, -0.15) is 0 Å². The maximum absolute atomic E-state index is 14.7. The fraction of sp³-hybridized carbons (Fsp3) is 0.500. The van der Waals surface area contributed by atoms with Gasteiger partial charge in [-0.05, 0) is 42.5 Å². The number of likely N-dealkylation sites (tertiary alicyclic amines) is 1. The third kappa shape index (κ3) is 7.06. The number of nitrogens with zero attached hydrogens (tertiary/aromatic N) is 1. The molecule has 0 radical (unpaired) electrons. The summed E-state index contributed by atoms with van der Waals surface area (Å²) in [6.07, 6.45) is 4.88. The van der Waals surface area contributed by atoms with Crippen LogP contribution in [0, 0.1) is 29.3 Å². The molecule has 2 aromatic carbocycles. The van der Waals surface area contributed by atoms with Crippen molar-refractivity contribution < 1.29 is 27.6 Å². The van der Waals surface area contributed by atoms with E-state index in [9.17, 15) is 27.6 Å². The Kier molecular flexibility index (Phi) is 9.43. The van der Waals surface area contributed by atoms with Gasteiger partial charge in [0.15, 0.2) is 5.78 Å². The maximum atomic E-state index is 14.7. The molecule has 0 bridgehead atoms. The van der Waals surface area contributed by atoms with Gasteiger partial charge in [-0.15, -0.1) is 0 Å². The summed E-state index contributed by atoms with van der Waals surface area (Å²) in [6, 6.07) is 7.06. The second-order valence-corrected chi connectivity index (χ2v) is 11.0. The minimum atomic E-state index is -0.672. The molecule has 9 heteroatoms. The number of hydrogen-bond donors (Lipinski definition) is 2. The Morgan fingerprint density at radius 2 is 1.67 bits per heavy atom. The first-order valence-electron chi connectivity index (χ1n) is 13.7. The molecule has 4 rings (SSSR count). The zero-order valence-corrected chi connectivity index (χ0v) is 22.4. The minimum absolute atomic E-state index is 0.00690. The lowest BCUT2D eigenvalue weighted by Gasteiger charge is -2.40. The fourth-order valence-electron chi connectivity index (χ4n) is 5.41. The van der Waals surface area contributed by atoms with E-state index < -0.39 is 29.4 Å². The van der Waals surface area contributed by atoms with Crippen LogP contribution in [0.5, 0.6) is 0 Å². The first-order valence-corrected chi connectivity index (χ1v) is 13.7. The molecule has 6 nitrogen and oxygen atoms in total. The standard InChI is InChI=1S/C30H36F3N3O3/c1-18(2)29(38)28(19-6-4-3-5-7-19)35-30(39)24-12-20(9-11-25(24)32)22-16-36(17-22)27(37)15-34-14-21-8-10-23(31)13-26(21)33/h8-13,18-19,22,28,34H,3-7,14-17H2,1-2H3,(H,35,39). The Morgan fingerprint density at radius 1 is 0.949 bits per heavy atom. The predicted molar refractivity (Wildman–Crippen MR) is 141 cm³/mol. The summed E-state index contributed by atoms with van der Waals surface area (Å²) in [6.45, 7) is 4.53. The molecular formula is C30H36F3N3O3. The number of carbonyl (C=O) groups is 3. The van der Waals surface area contributed by atoms with E-state index in [0.29, 0.717) is 13.1 Å². The van der Waals surface area contributed by atoms with E-state index in [4.69, 9.17) is 0 Å². The van der Waals surface area contributed by atoms with Crippen LogP contribution in [-0.4, -0.2) is 48.2 Å². The first-order chi connectivity index (χ1) is 18.6.